The first-order valence-electron chi connectivity index (χ1n) is 9.75. The second-order valence-corrected chi connectivity index (χ2v) is 6.96. The van der Waals surface area contributed by atoms with Crippen molar-refractivity contribution in [3.63, 3.8) is 0 Å². The van der Waals surface area contributed by atoms with Gasteiger partial charge in [0.05, 0.1) is 0 Å². The third-order valence-corrected chi connectivity index (χ3v) is 4.88. The molecule has 3 rings (SSSR count). The normalized spacial score (nSPS) is 10.8. The van der Waals surface area contributed by atoms with Gasteiger partial charge in [-0.1, -0.05) is 30.3 Å². The number of carbonyl (C=O) groups excluding carboxylic acids is 1. The number of aryl methyl sites for hydroxylation is 1. The van der Waals surface area contributed by atoms with E-state index in [1.165, 1.54) is 15.8 Å². The molecule has 3 aromatic rings. The Morgan fingerprint density at radius 2 is 1.93 bits per heavy atom. The molecule has 28 heavy (non-hydrogen) atoms. The molecular weight excluding hydrogens is 350 g/mol. The average Bonchev–Trinajstić information content (AvgIpc) is 2.70. The van der Waals surface area contributed by atoms with Crippen LogP contribution in [0.2, 0.25) is 0 Å². The number of nitrogens with one attached hydrogen (secondary N) is 1. The Kier molecular flexibility index (Phi) is 6.48. The summed E-state index contributed by atoms with van der Waals surface area (Å²) in [5.41, 5.74) is 2.31. The number of amides is 1. The number of rotatable bonds is 8. The molecule has 0 radical (unpaired) electrons. The predicted molar refractivity (Wildman–Crippen MR) is 115 cm³/mol. The second kappa shape index (κ2) is 9.22. The summed E-state index contributed by atoms with van der Waals surface area (Å²) in [5, 5.41) is 4.45. The van der Waals surface area contributed by atoms with E-state index in [1.54, 1.807) is 12.3 Å². The molecule has 0 atom stereocenters. The minimum atomic E-state index is -0.143. The molecule has 0 aliphatic rings. The van der Waals surface area contributed by atoms with E-state index >= 15 is 0 Å². The van der Waals surface area contributed by atoms with Gasteiger partial charge < -0.3 is 14.8 Å². The molecule has 5 heteroatoms. The molecule has 146 valence electrons. The van der Waals surface area contributed by atoms with Crippen molar-refractivity contribution in [3.05, 3.63) is 76.7 Å². The Bertz CT molecular complexity index is 1010. The number of hydrogen-bond donors (Lipinski definition) is 1. The molecule has 0 aliphatic carbocycles. The van der Waals surface area contributed by atoms with Crippen LogP contribution in [0, 0.1) is 6.92 Å². The highest BCUT2D eigenvalue weighted by molar-refractivity contribution is 5.82. The van der Waals surface area contributed by atoms with Crippen LogP contribution in [0.25, 0.3) is 10.8 Å². The molecule has 1 aromatic heterocycles. The van der Waals surface area contributed by atoms with Gasteiger partial charge in [-0.3, -0.25) is 9.59 Å². The minimum absolute atomic E-state index is 0.0407. The van der Waals surface area contributed by atoms with Gasteiger partial charge in [-0.15, -0.1) is 0 Å². The van der Waals surface area contributed by atoms with Crippen molar-refractivity contribution < 1.29 is 4.79 Å². The maximum Gasteiger partial charge on any atom is 0.258 e. The van der Waals surface area contributed by atoms with Crippen molar-refractivity contribution in [3.8, 4) is 0 Å². The lowest BCUT2D eigenvalue weighted by atomic mass is 10.2. The maximum atomic E-state index is 12.5. The van der Waals surface area contributed by atoms with Crippen LogP contribution in [0.1, 0.15) is 18.9 Å². The van der Waals surface area contributed by atoms with E-state index in [9.17, 15) is 9.59 Å². The quantitative estimate of drug-likeness (QED) is 0.613. The summed E-state index contributed by atoms with van der Waals surface area (Å²) in [6.07, 6.45) is 2.53. The average molecular weight is 377 g/mol. The zero-order valence-electron chi connectivity index (χ0n) is 16.5. The summed E-state index contributed by atoms with van der Waals surface area (Å²) in [5.74, 6) is -0.143. The molecule has 5 nitrogen and oxygen atoms in total. The first-order chi connectivity index (χ1) is 13.6. The highest BCUT2D eigenvalue weighted by atomic mass is 16.2. The minimum Gasteiger partial charge on any atom is -0.372 e. The third-order valence-electron chi connectivity index (χ3n) is 4.88. The predicted octanol–water partition coefficient (Wildman–Crippen LogP) is 3.34. The van der Waals surface area contributed by atoms with Crippen molar-refractivity contribution in [2.24, 2.45) is 0 Å². The van der Waals surface area contributed by atoms with Crippen molar-refractivity contribution in [1.29, 1.82) is 0 Å². The summed E-state index contributed by atoms with van der Waals surface area (Å²) in [6.45, 7) is 6.64. The van der Waals surface area contributed by atoms with Gasteiger partial charge in [0.2, 0.25) is 5.91 Å². The Labute approximate surface area is 165 Å². The van der Waals surface area contributed by atoms with Crippen LogP contribution in [-0.2, 0) is 11.3 Å². The third kappa shape index (κ3) is 4.80. The molecule has 0 fully saturated rings. The van der Waals surface area contributed by atoms with Crippen LogP contribution in [0.15, 0.2) is 65.6 Å². The number of pyridine rings is 1. The number of carbonyl (C=O) groups is 1. The van der Waals surface area contributed by atoms with Gasteiger partial charge in [0.1, 0.15) is 6.54 Å². The monoisotopic (exact) mass is 377 g/mol. The van der Waals surface area contributed by atoms with E-state index < -0.39 is 0 Å². The first kappa shape index (κ1) is 19.7. The van der Waals surface area contributed by atoms with Gasteiger partial charge in [0, 0.05) is 36.9 Å². The molecule has 0 bridgehead atoms. The van der Waals surface area contributed by atoms with E-state index in [2.05, 4.69) is 48.3 Å². The lowest BCUT2D eigenvalue weighted by molar-refractivity contribution is -0.121. The number of anilines is 1. The fourth-order valence-corrected chi connectivity index (χ4v) is 3.36. The fraction of sp³-hybridized carbons (Fsp3) is 0.304. The Morgan fingerprint density at radius 1 is 1.11 bits per heavy atom. The van der Waals surface area contributed by atoms with Crippen LogP contribution in [0.4, 0.5) is 5.69 Å². The van der Waals surface area contributed by atoms with Crippen LogP contribution >= 0.6 is 0 Å². The smallest absolute Gasteiger partial charge is 0.258 e. The van der Waals surface area contributed by atoms with Gasteiger partial charge in [0.25, 0.3) is 5.56 Å². The molecule has 1 amide bonds. The highest BCUT2D eigenvalue weighted by Crippen LogP contribution is 2.15. The van der Waals surface area contributed by atoms with Gasteiger partial charge in [-0.2, -0.15) is 0 Å². The van der Waals surface area contributed by atoms with Gasteiger partial charge in [0.15, 0.2) is 0 Å². The Hall–Kier alpha value is -3.08. The van der Waals surface area contributed by atoms with Gasteiger partial charge in [-0.25, -0.2) is 0 Å². The van der Waals surface area contributed by atoms with E-state index in [-0.39, 0.29) is 18.0 Å². The number of nitrogens with zero attached hydrogens (tertiary/aromatic N) is 2. The molecule has 2 aromatic carbocycles. The lowest BCUT2D eigenvalue weighted by Gasteiger charge is -2.23. The van der Waals surface area contributed by atoms with E-state index in [0.717, 1.165) is 24.9 Å². The fourth-order valence-electron chi connectivity index (χ4n) is 3.36. The first-order valence-corrected chi connectivity index (χ1v) is 9.75. The number of hydrogen-bond acceptors (Lipinski definition) is 3. The van der Waals surface area contributed by atoms with Crippen LogP contribution in [0.3, 0.4) is 0 Å². The number of aromatic nitrogens is 1. The lowest BCUT2D eigenvalue weighted by Crippen LogP contribution is -2.34. The molecule has 0 aliphatic heterocycles. The van der Waals surface area contributed by atoms with Crippen LogP contribution in [0.5, 0.6) is 0 Å². The molecule has 1 N–H and O–H groups in total. The van der Waals surface area contributed by atoms with Crippen molar-refractivity contribution in [2.75, 3.05) is 24.5 Å². The molecule has 0 saturated heterocycles. The molecule has 0 spiro atoms. The standard InChI is InChI=1S/C23H27N3O2/c1-3-25(20-10-6-8-18(2)16-20)14-7-13-24-22(27)17-26-15-12-19-9-4-5-11-21(19)23(26)28/h4-6,8-12,15-16H,3,7,13-14,17H2,1-2H3,(H,24,27). The summed E-state index contributed by atoms with van der Waals surface area (Å²) < 4.78 is 1.46. The summed E-state index contributed by atoms with van der Waals surface area (Å²) >= 11 is 0. The summed E-state index contributed by atoms with van der Waals surface area (Å²) in [7, 11) is 0. The summed E-state index contributed by atoms with van der Waals surface area (Å²) in [4.78, 5) is 27.0. The topological polar surface area (TPSA) is 54.3 Å². The van der Waals surface area contributed by atoms with Gasteiger partial charge in [-0.05, 0) is 55.5 Å². The van der Waals surface area contributed by atoms with Gasteiger partial charge >= 0.3 is 0 Å². The molecule has 0 saturated carbocycles. The van der Waals surface area contributed by atoms with Crippen LogP contribution in [-0.4, -0.2) is 30.1 Å². The van der Waals surface area contributed by atoms with E-state index in [0.29, 0.717) is 11.9 Å². The van der Waals surface area contributed by atoms with Crippen LogP contribution < -0.4 is 15.8 Å². The van der Waals surface area contributed by atoms with Crippen molar-refractivity contribution >= 4 is 22.4 Å². The second-order valence-electron chi connectivity index (χ2n) is 6.96. The Balaban J connectivity index is 1.51. The number of fused-ring (bicyclic) bond motifs is 1. The van der Waals surface area contributed by atoms with E-state index in [4.69, 9.17) is 0 Å². The zero-order valence-corrected chi connectivity index (χ0v) is 16.5. The largest absolute Gasteiger partial charge is 0.372 e. The number of benzene rings is 2. The zero-order chi connectivity index (χ0) is 19.9. The summed E-state index contributed by atoms with van der Waals surface area (Å²) in [6, 6.07) is 17.7. The van der Waals surface area contributed by atoms with Crippen molar-refractivity contribution in [1.82, 2.24) is 9.88 Å². The van der Waals surface area contributed by atoms with Crippen molar-refractivity contribution in [2.45, 2.75) is 26.8 Å². The molecular formula is C23H27N3O2. The highest BCUT2D eigenvalue weighted by Gasteiger charge is 2.08. The maximum absolute atomic E-state index is 12.5. The van der Waals surface area contributed by atoms with E-state index in [1.807, 2.05) is 24.3 Å². The Morgan fingerprint density at radius 3 is 2.71 bits per heavy atom. The molecule has 1 heterocycles. The SMILES string of the molecule is CCN(CCCNC(=O)Cn1ccc2ccccc2c1=O)c1cccc(C)c1. The molecule has 0 unspecified atom stereocenters.